The van der Waals surface area contributed by atoms with Crippen LogP contribution in [0.2, 0.25) is 0 Å². The van der Waals surface area contributed by atoms with Gasteiger partial charge in [-0.3, -0.25) is 0 Å². The molecule has 0 aliphatic rings. The first-order valence-corrected chi connectivity index (χ1v) is 4.24. The number of fused-ring (bicyclic) bond motifs is 1. The molecule has 3 nitrogen and oxygen atoms in total. The van der Waals surface area contributed by atoms with Gasteiger partial charge in [0, 0.05) is 10.8 Å². The summed E-state index contributed by atoms with van der Waals surface area (Å²) < 4.78 is 12.9. The summed E-state index contributed by atoms with van der Waals surface area (Å²) in [6.45, 7) is 0. The van der Waals surface area contributed by atoms with E-state index in [1.807, 2.05) is 0 Å². The number of carbonyl (C=O) groups is 1. The van der Waals surface area contributed by atoms with Crippen molar-refractivity contribution in [2.75, 3.05) is 0 Å². The molecule has 15 heavy (non-hydrogen) atoms. The van der Waals surface area contributed by atoms with Gasteiger partial charge in [-0.2, -0.15) is 0 Å². The Kier molecular flexibility index (Phi) is 2.04. The highest BCUT2D eigenvalue weighted by molar-refractivity contribution is 6.05. The molecule has 4 heteroatoms. The normalized spacial score (nSPS) is 10.5. The summed E-state index contributed by atoms with van der Waals surface area (Å²) in [5, 5.41) is 18.8. The molecule has 0 aliphatic carbocycles. The van der Waals surface area contributed by atoms with Crippen LogP contribution in [0.3, 0.4) is 0 Å². The van der Waals surface area contributed by atoms with Crippen LogP contribution in [0, 0.1) is 5.82 Å². The monoisotopic (exact) mass is 206 g/mol. The number of halogens is 1. The fourth-order valence-electron chi connectivity index (χ4n) is 1.49. The lowest BCUT2D eigenvalue weighted by molar-refractivity contribution is 0.0699. The van der Waals surface area contributed by atoms with Crippen LogP contribution in [0.15, 0.2) is 30.3 Å². The third kappa shape index (κ3) is 1.50. The van der Waals surface area contributed by atoms with Crippen LogP contribution in [0.25, 0.3) is 10.8 Å². The second-order valence-corrected chi connectivity index (χ2v) is 3.13. The van der Waals surface area contributed by atoms with Crippen molar-refractivity contribution >= 4 is 16.7 Å². The van der Waals surface area contributed by atoms with Crippen LogP contribution in [0.4, 0.5) is 4.39 Å². The van der Waals surface area contributed by atoms with Crippen molar-refractivity contribution in [2.24, 2.45) is 0 Å². The molecule has 0 saturated carbocycles. The van der Waals surface area contributed by atoms with E-state index in [0.717, 1.165) is 6.07 Å². The number of benzene rings is 2. The maximum atomic E-state index is 12.9. The van der Waals surface area contributed by atoms with E-state index < -0.39 is 11.8 Å². The summed E-state index contributed by atoms with van der Waals surface area (Å²) in [6.07, 6.45) is 0. The Morgan fingerprint density at radius 3 is 2.53 bits per heavy atom. The lowest BCUT2D eigenvalue weighted by Crippen LogP contribution is -1.97. The van der Waals surface area contributed by atoms with E-state index >= 15 is 0 Å². The SMILES string of the molecule is O=C(O)c1ccc(O)c2ccc(F)cc12. The number of hydrogen-bond acceptors (Lipinski definition) is 2. The van der Waals surface area contributed by atoms with Gasteiger partial charge in [0.05, 0.1) is 5.56 Å². The van der Waals surface area contributed by atoms with Gasteiger partial charge in [-0.25, -0.2) is 9.18 Å². The van der Waals surface area contributed by atoms with Gasteiger partial charge in [0.25, 0.3) is 0 Å². The van der Waals surface area contributed by atoms with Crippen molar-refractivity contribution < 1.29 is 19.4 Å². The first kappa shape index (κ1) is 9.45. The molecule has 2 N–H and O–H groups in total. The average Bonchev–Trinajstić information content (AvgIpc) is 2.17. The zero-order valence-corrected chi connectivity index (χ0v) is 7.57. The highest BCUT2D eigenvalue weighted by Gasteiger charge is 2.11. The van der Waals surface area contributed by atoms with E-state index in [0.29, 0.717) is 5.39 Å². The summed E-state index contributed by atoms with van der Waals surface area (Å²) in [5.74, 6) is -1.74. The number of rotatable bonds is 1. The lowest BCUT2D eigenvalue weighted by Gasteiger charge is -2.04. The summed E-state index contributed by atoms with van der Waals surface area (Å²) in [4.78, 5) is 10.8. The maximum Gasteiger partial charge on any atom is 0.336 e. The zero-order chi connectivity index (χ0) is 11.0. The summed E-state index contributed by atoms with van der Waals surface area (Å²) in [6, 6.07) is 6.15. The molecule has 0 aromatic heterocycles. The quantitative estimate of drug-likeness (QED) is 0.753. The van der Waals surface area contributed by atoms with Gasteiger partial charge in [-0.05, 0) is 30.3 Å². The van der Waals surface area contributed by atoms with Gasteiger partial charge < -0.3 is 10.2 Å². The van der Waals surface area contributed by atoms with Crippen molar-refractivity contribution in [1.82, 2.24) is 0 Å². The van der Waals surface area contributed by atoms with Crippen LogP contribution in [-0.2, 0) is 0 Å². The highest BCUT2D eigenvalue weighted by Crippen LogP contribution is 2.28. The van der Waals surface area contributed by atoms with Crippen LogP contribution >= 0.6 is 0 Å². The largest absolute Gasteiger partial charge is 0.507 e. The molecule has 2 aromatic carbocycles. The number of phenolic OH excluding ortho intramolecular Hbond substituents is 1. The van der Waals surface area contributed by atoms with E-state index in [9.17, 15) is 14.3 Å². The Morgan fingerprint density at radius 1 is 1.13 bits per heavy atom. The van der Waals surface area contributed by atoms with E-state index in [-0.39, 0.29) is 16.7 Å². The third-order valence-corrected chi connectivity index (χ3v) is 2.19. The van der Waals surface area contributed by atoms with Gasteiger partial charge in [0.15, 0.2) is 0 Å². The molecule has 0 unspecified atom stereocenters. The molecule has 0 radical (unpaired) electrons. The molecule has 0 spiro atoms. The van der Waals surface area contributed by atoms with E-state index in [2.05, 4.69) is 0 Å². The number of carboxylic acid groups (broad SMARTS) is 1. The lowest BCUT2D eigenvalue weighted by atomic mass is 10.0. The summed E-state index contributed by atoms with van der Waals surface area (Å²) >= 11 is 0. The van der Waals surface area contributed by atoms with Gasteiger partial charge >= 0.3 is 5.97 Å². The van der Waals surface area contributed by atoms with Crippen molar-refractivity contribution in [2.45, 2.75) is 0 Å². The van der Waals surface area contributed by atoms with Crippen LogP contribution in [-0.4, -0.2) is 16.2 Å². The molecule has 0 atom stereocenters. The van der Waals surface area contributed by atoms with E-state index in [1.54, 1.807) is 0 Å². The van der Waals surface area contributed by atoms with Crippen LogP contribution in [0.5, 0.6) is 5.75 Å². The molecule has 0 fully saturated rings. The van der Waals surface area contributed by atoms with Crippen molar-refractivity contribution in [3.05, 3.63) is 41.7 Å². The molecule has 76 valence electrons. The molecular formula is C11H7FO3. The van der Waals surface area contributed by atoms with Gasteiger partial charge in [-0.1, -0.05) is 0 Å². The van der Waals surface area contributed by atoms with Gasteiger partial charge in [0.2, 0.25) is 0 Å². The fourth-order valence-corrected chi connectivity index (χ4v) is 1.49. The summed E-state index contributed by atoms with van der Waals surface area (Å²) in [7, 11) is 0. The number of carboxylic acids is 1. The molecule has 0 aliphatic heterocycles. The smallest absolute Gasteiger partial charge is 0.336 e. The minimum Gasteiger partial charge on any atom is -0.507 e. The molecule has 0 saturated heterocycles. The molecule has 0 bridgehead atoms. The molecule has 0 amide bonds. The minimum absolute atomic E-state index is 0.0256. The van der Waals surface area contributed by atoms with Gasteiger partial charge in [-0.15, -0.1) is 0 Å². The number of hydrogen-bond donors (Lipinski definition) is 2. The summed E-state index contributed by atoms with van der Waals surface area (Å²) in [5.41, 5.74) is -0.0256. The maximum absolute atomic E-state index is 12.9. The van der Waals surface area contributed by atoms with Crippen LogP contribution < -0.4 is 0 Å². The Morgan fingerprint density at radius 2 is 1.87 bits per heavy atom. The van der Waals surface area contributed by atoms with Gasteiger partial charge in [0.1, 0.15) is 11.6 Å². The Hall–Kier alpha value is -2.10. The van der Waals surface area contributed by atoms with Crippen molar-refractivity contribution in [1.29, 1.82) is 0 Å². The Balaban J connectivity index is 2.90. The van der Waals surface area contributed by atoms with Crippen LogP contribution in [0.1, 0.15) is 10.4 Å². The van der Waals surface area contributed by atoms with Crippen molar-refractivity contribution in [3.8, 4) is 5.75 Å². The average molecular weight is 206 g/mol. The number of aromatic hydroxyl groups is 1. The first-order valence-electron chi connectivity index (χ1n) is 4.24. The highest BCUT2D eigenvalue weighted by atomic mass is 19.1. The second-order valence-electron chi connectivity index (χ2n) is 3.13. The first-order chi connectivity index (χ1) is 7.09. The Labute approximate surface area is 84.4 Å². The third-order valence-electron chi connectivity index (χ3n) is 2.19. The molecule has 2 rings (SSSR count). The number of aromatic carboxylic acids is 1. The molecule has 0 heterocycles. The Bertz CT molecular complexity index is 549. The van der Waals surface area contributed by atoms with Crippen molar-refractivity contribution in [3.63, 3.8) is 0 Å². The standard InChI is InChI=1S/C11H7FO3/c12-6-1-2-7-9(5-6)8(11(14)15)3-4-10(7)13/h1-5,13H,(H,14,15). The second kappa shape index (κ2) is 3.24. The predicted octanol–water partition coefficient (Wildman–Crippen LogP) is 2.38. The molecular weight excluding hydrogens is 199 g/mol. The van der Waals surface area contributed by atoms with E-state index in [4.69, 9.17) is 5.11 Å². The topological polar surface area (TPSA) is 57.5 Å². The predicted molar refractivity (Wildman–Crippen MR) is 52.5 cm³/mol. The zero-order valence-electron chi connectivity index (χ0n) is 7.57. The fraction of sp³-hybridized carbons (Fsp3) is 0. The van der Waals surface area contributed by atoms with E-state index in [1.165, 1.54) is 24.3 Å². The minimum atomic E-state index is -1.15. The molecule has 2 aromatic rings. The number of phenols is 1.